The highest BCUT2D eigenvalue weighted by Gasteiger charge is 2.18. The van der Waals surface area contributed by atoms with E-state index < -0.39 is 23.3 Å². The van der Waals surface area contributed by atoms with E-state index in [4.69, 9.17) is 14.2 Å². The molecule has 0 saturated heterocycles. The summed E-state index contributed by atoms with van der Waals surface area (Å²) in [6.07, 6.45) is 1.21. The molecule has 0 aliphatic rings. The van der Waals surface area contributed by atoms with Crippen molar-refractivity contribution in [1.82, 2.24) is 4.98 Å². The summed E-state index contributed by atoms with van der Waals surface area (Å²) in [5.41, 5.74) is -0.469. The molecule has 0 spiro atoms. The number of hydrogen-bond donors (Lipinski definition) is 1. The largest absolute Gasteiger partial charge is 0.462 e. The fourth-order valence-corrected chi connectivity index (χ4v) is 2.06. The predicted molar refractivity (Wildman–Crippen MR) is 83.1 cm³/mol. The number of ether oxygens (including phenoxy) is 3. The number of rotatable bonds is 4. The number of pyridine rings is 1. The first-order chi connectivity index (χ1) is 11.3. The molecule has 0 aliphatic heterocycles. The third-order valence-electron chi connectivity index (χ3n) is 2.95. The van der Waals surface area contributed by atoms with Crippen molar-refractivity contribution >= 4 is 28.8 Å². The fourth-order valence-electron chi connectivity index (χ4n) is 2.06. The van der Waals surface area contributed by atoms with E-state index in [1.165, 1.54) is 32.2 Å². The van der Waals surface area contributed by atoms with Gasteiger partial charge in [0.05, 0.1) is 17.5 Å². The van der Waals surface area contributed by atoms with Gasteiger partial charge in [-0.2, -0.15) is 0 Å². The molecule has 0 atom stereocenters. The molecular weight excluding hydrogens is 318 g/mol. The van der Waals surface area contributed by atoms with Crippen molar-refractivity contribution in [1.29, 1.82) is 0 Å². The van der Waals surface area contributed by atoms with Gasteiger partial charge in [0.15, 0.2) is 11.5 Å². The lowest BCUT2D eigenvalue weighted by atomic mass is 10.1. The first-order valence-electron chi connectivity index (χ1n) is 7.06. The van der Waals surface area contributed by atoms with Gasteiger partial charge in [-0.3, -0.25) is 14.4 Å². The second-order valence-electron chi connectivity index (χ2n) is 4.78. The van der Waals surface area contributed by atoms with Crippen molar-refractivity contribution in [2.45, 2.75) is 20.8 Å². The Morgan fingerprint density at radius 1 is 1.04 bits per heavy atom. The van der Waals surface area contributed by atoms with Gasteiger partial charge in [-0.25, -0.2) is 4.79 Å². The minimum atomic E-state index is -0.765. The number of hydrogen-bond acceptors (Lipinski definition) is 7. The van der Waals surface area contributed by atoms with Gasteiger partial charge >= 0.3 is 17.9 Å². The first-order valence-corrected chi connectivity index (χ1v) is 7.06. The third-order valence-corrected chi connectivity index (χ3v) is 2.95. The zero-order valence-electron chi connectivity index (χ0n) is 13.3. The normalized spacial score (nSPS) is 10.3. The predicted octanol–water partition coefficient (Wildman–Crippen LogP) is 1.56. The lowest BCUT2D eigenvalue weighted by molar-refractivity contribution is -0.134. The quantitative estimate of drug-likeness (QED) is 0.667. The highest BCUT2D eigenvalue weighted by atomic mass is 16.6. The average molecular weight is 333 g/mol. The van der Waals surface area contributed by atoms with Crippen LogP contribution < -0.4 is 14.9 Å². The van der Waals surface area contributed by atoms with E-state index in [-0.39, 0.29) is 29.1 Å². The topological polar surface area (TPSA) is 112 Å². The van der Waals surface area contributed by atoms with E-state index in [1.54, 1.807) is 6.92 Å². The standard InChI is InChI=1S/C16H15NO7/c1-4-22-16(21)11-7-17-12-6-14(24-9(3)19)13(23-8(2)18)5-10(12)15(11)20/h5-7H,4H2,1-3H3,(H,17,20). The van der Waals surface area contributed by atoms with Crippen molar-refractivity contribution in [3.05, 3.63) is 34.1 Å². The molecule has 2 rings (SSSR count). The number of fused-ring (bicyclic) bond motifs is 1. The van der Waals surface area contributed by atoms with Crippen molar-refractivity contribution in [2.75, 3.05) is 6.61 Å². The van der Waals surface area contributed by atoms with E-state index in [0.717, 1.165) is 0 Å². The van der Waals surface area contributed by atoms with E-state index in [1.807, 2.05) is 0 Å². The molecule has 126 valence electrons. The molecule has 0 bridgehead atoms. The van der Waals surface area contributed by atoms with Crippen LogP contribution in [0, 0.1) is 0 Å². The number of nitrogens with one attached hydrogen (secondary N) is 1. The van der Waals surface area contributed by atoms with Crippen molar-refractivity contribution in [3.8, 4) is 11.5 Å². The second-order valence-corrected chi connectivity index (χ2v) is 4.78. The zero-order chi connectivity index (χ0) is 17.9. The zero-order valence-corrected chi connectivity index (χ0v) is 13.3. The number of H-pyrrole nitrogens is 1. The number of benzene rings is 1. The Labute approximate surface area is 136 Å². The van der Waals surface area contributed by atoms with Gasteiger partial charge < -0.3 is 19.2 Å². The van der Waals surface area contributed by atoms with E-state index >= 15 is 0 Å². The molecule has 8 heteroatoms. The maximum absolute atomic E-state index is 12.4. The number of carbonyl (C=O) groups excluding carboxylic acids is 3. The molecule has 0 radical (unpaired) electrons. The van der Waals surface area contributed by atoms with Crippen LogP contribution in [-0.2, 0) is 14.3 Å². The number of esters is 3. The van der Waals surface area contributed by atoms with Crippen LogP contribution in [0.2, 0.25) is 0 Å². The molecule has 0 aliphatic carbocycles. The Balaban J connectivity index is 2.66. The summed E-state index contributed by atoms with van der Waals surface area (Å²) in [7, 11) is 0. The fraction of sp³-hybridized carbons (Fsp3) is 0.250. The van der Waals surface area contributed by atoms with Gasteiger partial charge in [-0.1, -0.05) is 0 Å². The van der Waals surface area contributed by atoms with Crippen LogP contribution in [-0.4, -0.2) is 29.5 Å². The van der Waals surface area contributed by atoms with Crippen LogP contribution in [0.3, 0.4) is 0 Å². The van der Waals surface area contributed by atoms with E-state index in [9.17, 15) is 19.2 Å². The molecule has 0 amide bonds. The van der Waals surface area contributed by atoms with Crippen molar-refractivity contribution in [3.63, 3.8) is 0 Å². The monoisotopic (exact) mass is 333 g/mol. The average Bonchev–Trinajstić information content (AvgIpc) is 2.48. The summed E-state index contributed by atoms with van der Waals surface area (Å²) in [6.45, 7) is 4.10. The van der Waals surface area contributed by atoms with Crippen LogP contribution in [0.15, 0.2) is 23.1 Å². The minimum absolute atomic E-state index is 0.0234. The molecule has 0 fully saturated rings. The van der Waals surface area contributed by atoms with Crippen LogP contribution in [0.5, 0.6) is 11.5 Å². The molecule has 24 heavy (non-hydrogen) atoms. The molecule has 1 heterocycles. The van der Waals surface area contributed by atoms with Gasteiger partial charge in [0.2, 0.25) is 5.43 Å². The van der Waals surface area contributed by atoms with Gasteiger partial charge in [0, 0.05) is 26.1 Å². The Kier molecular flexibility index (Phi) is 4.98. The molecule has 8 nitrogen and oxygen atoms in total. The highest BCUT2D eigenvalue weighted by molar-refractivity contribution is 5.94. The summed E-state index contributed by atoms with van der Waals surface area (Å²) in [4.78, 5) is 49.4. The van der Waals surface area contributed by atoms with Gasteiger partial charge in [-0.15, -0.1) is 0 Å². The molecule has 1 N–H and O–H groups in total. The number of carbonyl (C=O) groups is 3. The minimum Gasteiger partial charge on any atom is -0.462 e. The summed E-state index contributed by atoms with van der Waals surface area (Å²) in [5.74, 6) is -2.16. The summed E-state index contributed by atoms with van der Waals surface area (Å²) < 4.78 is 14.8. The molecule has 1 aromatic heterocycles. The Morgan fingerprint density at radius 2 is 1.62 bits per heavy atom. The van der Waals surface area contributed by atoms with Crippen molar-refractivity contribution < 1.29 is 28.6 Å². The van der Waals surface area contributed by atoms with Crippen LogP contribution in [0.25, 0.3) is 10.9 Å². The second kappa shape index (κ2) is 6.95. The molecule has 1 aromatic carbocycles. The summed E-state index contributed by atoms with van der Waals surface area (Å²) in [5, 5.41) is 0.0905. The SMILES string of the molecule is CCOC(=O)c1c[nH]c2cc(OC(C)=O)c(OC(C)=O)cc2c1=O. The maximum Gasteiger partial charge on any atom is 0.343 e. The van der Waals surface area contributed by atoms with Crippen LogP contribution >= 0.6 is 0 Å². The Morgan fingerprint density at radius 3 is 2.17 bits per heavy atom. The molecule has 2 aromatic rings. The summed E-state index contributed by atoms with van der Waals surface area (Å²) >= 11 is 0. The Bertz CT molecular complexity index is 882. The smallest absolute Gasteiger partial charge is 0.343 e. The lowest BCUT2D eigenvalue weighted by Gasteiger charge is -2.10. The van der Waals surface area contributed by atoms with Gasteiger partial charge in [0.25, 0.3) is 0 Å². The summed E-state index contributed by atoms with van der Waals surface area (Å²) in [6, 6.07) is 2.57. The lowest BCUT2D eigenvalue weighted by Crippen LogP contribution is -2.18. The van der Waals surface area contributed by atoms with Gasteiger partial charge in [0.1, 0.15) is 5.56 Å². The Hall–Kier alpha value is -3.16. The maximum atomic E-state index is 12.4. The van der Waals surface area contributed by atoms with Crippen LogP contribution in [0.1, 0.15) is 31.1 Å². The molecule has 0 unspecified atom stereocenters. The van der Waals surface area contributed by atoms with Crippen molar-refractivity contribution in [2.24, 2.45) is 0 Å². The third kappa shape index (κ3) is 3.60. The van der Waals surface area contributed by atoms with E-state index in [0.29, 0.717) is 5.52 Å². The van der Waals surface area contributed by atoms with Gasteiger partial charge in [-0.05, 0) is 13.0 Å². The number of aromatic amines is 1. The van der Waals surface area contributed by atoms with Crippen LogP contribution in [0.4, 0.5) is 0 Å². The first kappa shape index (κ1) is 17.2. The number of aromatic nitrogens is 1. The highest BCUT2D eigenvalue weighted by Crippen LogP contribution is 2.31. The molecule has 0 saturated carbocycles. The van der Waals surface area contributed by atoms with E-state index in [2.05, 4.69) is 4.98 Å². The molecular formula is C16H15NO7.